The van der Waals surface area contributed by atoms with E-state index >= 15 is 0 Å². The molecule has 3 aliphatic heterocycles. The second-order valence-electron chi connectivity index (χ2n) is 8.48. The molecule has 0 aromatic carbocycles. The number of hydrogen-bond acceptors (Lipinski definition) is 6. The minimum atomic E-state index is 0.226. The molecule has 0 saturated carbocycles. The summed E-state index contributed by atoms with van der Waals surface area (Å²) in [4.78, 5) is 9.47. The third-order valence-electron chi connectivity index (χ3n) is 5.56. The number of rotatable bonds is 2. The number of halogens is 1. The van der Waals surface area contributed by atoms with Crippen molar-refractivity contribution in [2.45, 2.75) is 57.4 Å². The molecule has 3 heterocycles. The molecule has 0 radical (unpaired) electrons. The molecule has 3 aliphatic rings. The average Bonchev–Trinajstić information content (AvgIpc) is 2.94. The smallest absolute Gasteiger partial charge is 0.201 e. The highest BCUT2D eigenvalue weighted by molar-refractivity contribution is 14.1. The van der Waals surface area contributed by atoms with Crippen LogP contribution in [0, 0.1) is 5.41 Å². The number of aliphatic imine (C=N–C) groups is 1. The van der Waals surface area contributed by atoms with Gasteiger partial charge < -0.3 is 14.5 Å². The molecule has 142 valence electrons. The Morgan fingerprint density at radius 1 is 1.36 bits per heavy atom. The van der Waals surface area contributed by atoms with Gasteiger partial charge in [0.2, 0.25) is 5.96 Å². The van der Waals surface area contributed by atoms with E-state index in [1.807, 2.05) is 18.1 Å². The molecule has 0 aromatic heterocycles. The third kappa shape index (κ3) is 4.30. The fourth-order valence-electron chi connectivity index (χ4n) is 3.69. The maximum Gasteiger partial charge on any atom is 0.201 e. The predicted octanol–water partition coefficient (Wildman–Crippen LogP) is 3.47. The van der Waals surface area contributed by atoms with Crippen molar-refractivity contribution >= 4 is 40.5 Å². The van der Waals surface area contributed by atoms with Crippen molar-refractivity contribution in [3.05, 3.63) is 9.78 Å². The number of likely N-dealkylation sites (N-methyl/N-ethyl adjacent to an activating group) is 1. The van der Waals surface area contributed by atoms with Gasteiger partial charge in [-0.25, -0.2) is 4.99 Å². The highest BCUT2D eigenvalue weighted by Gasteiger charge is 2.47. The standard InChI is InChI=1S/C18H31IN4OS/c1-13-14(19)10-20-16(22(13)5)23-8-6-18(7-9-23)12-24-11-15(18)21-25-17(2,3)4/h10,13,15,21H,6-9,11-12H2,1-5H3/t13?,15-/m1/s1. The van der Waals surface area contributed by atoms with Gasteiger partial charge in [0.15, 0.2) is 0 Å². The maximum atomic E-state index is 5.90. The molecule has 1 unspecified atom stereocenters. The second-order valence-corrected chi connectivity index (χ2v) is 11.4. The first-order valence-corrected chi connectivity index (χ1v) is 11.0. The van der Waals surface area contributed by atoms with E-state index in [-0.39, 0.29) is 10.2 Å². The number of ether oxygens (including phenoxy) is 1. The molecule has 5 nitrogen and oxygen atoms in total. The number of nitrogens with zero attached hydrogens (tertiary/aromatic N) is 3. The van der Waals surface area contributed by atoms with Gasteiger partial charge in [-0.15, -0.1) is 0 Å². The number of nitrogens with one attached hydrogen (secondary N) is 1. The molecule has 2 atom stereocenters. The van der Waals surface area contributed by atoms with Gasteiger partial charge in [0.05, 0.1) is 19.3 Å². The Morgan fingerprint density at radius 2 is 2.04 bits per heavy atom. The average molecular weight is 478 g/mol. The zero-order valence-corrected chi connectivity index (χ0v) is 19.0. The zero-order chi connectivity index (χ0) is 18.2. The molecule has 7 heteroatoms. The topological polar surface area (TPSA) is 40.1 Å². The molecule has 1 spiro atoms. The first kappa shape index (κ1) is 19.8. The van der Waals surface area contributed by atoms with Crippen LogP contribution in [0.25, 0.3) is 0 Å². The van der Waals surface area contributed by atoms with E-state index in [1.54, 1.807) is 0 Å². The largest absolute Gasteiger partial charge is 0.379 e. The van der Waals surface area contributed by atoms with Gasteiger partial charge in [-0.3, -0.25) is 4.72 Å². The summed E-state index contributed by atoms with van der Waals surface area (Å²) < 4.78 is 11.1. The lowest BCUT2D eigenvalue weighted by atomic mass is 9.75. The molecular formula is C18H31IN4OS. The monoisotopic (exact) mass is 478 g/mol. The molecule has 2 fully saturated rings. The summed E-state index contributed by atoms with van der Waals surface area (Å²) in [6.07, 6.45) is 4.35. The molecule has 2 saturated heterocycles. The molecule has 1 N–H and O–H groups in total. The molecule has 3 rings (SSSR count). The van der Waals surface area contributed by atoms with Gasteiger partial charge in [0, 0.05) is 46.1 Å². The molecule has 0 aliphatic carbocycles. The summed E-state index contributed by atoms with van der Waals surface area (Å²) in [5, 5.41) is 0. The fraction of sp³-hybridized carbons (Fsp3) is 0.833. The van der Waals surface area contributed by atoms with E-state index in [4.69, 9.17) is 9.73 Å². The van der Waals surface area contributed by atoms with E-state index in [0.717, 1.165) is 45.1 Å². The van der Waals surface area contributed by atoms with Crippen molar-refractivity contribution in [2.24, 2.45) is 10.4 Å². The summed E-state index contributed by atoms with van der Waals surface area (Å²) in [5.41, 5.74) is 0.276. The molecular weight excluding hydrogens is 447 g/mol. The minimum absolute atomic E-state index is 0.226. The summed E-state index contributed by atoms with van der Waals surface area (Å²) in [6, 6.07) is 0.862. The van der Waals surface area contributed by atoms with Crippen molar-refractivity contribution in [1.82, 2.24) is 14.5 Å². The van der Waals surface area contributed by atoms with E-state index < -0.39 is 0 Å². The van der Waals surface area contributed by atoms with Gasteiger partial charge in [-0.2, -0.15) is 0 Å². The summed E-state index contributed by atoms with van der Waals surface area (Å²) >= 11 is 4.23. The maximum absolute atomic E-state index is 5.90. The Hall–Kier alpha value is 0.01000. The van der Waals surface area contributed by atoms with Crippen molar-refractivity contribution in [3.63, 3.8) is 0 Å². The number of hydrogen-bond donors (Lipinski definition) is 1. The van der Waals surface area contributed by atoms with Gasteiger partial charge in [0.25, 0.3) is 0 Å². The Labute approximate surface area is 170 Å². The first-order valence-electron chi connectivity index (χ1n) is 9.14. The third-order valence-corrected chi connectivity index (χ3v) is 7.76. The quantitative estimate of drug-likeness (QED) is 0.486. The lowest BCUT2D eigenvalue weighted by Gasteiger charge is -2.45. The van der Waals surface area contributed by atoms with E-state index in [1.165, 1.54) is 3.58 Å². The van der Waals surface area contributed by atoms with Crippen molar-refractivity contribution in [2.75, 3.05) is 33.4 Å². The summed E-state index contributed by atoms with van der Waals surface area (Å²) in [6.45, 7) is 12.8. The van der Waals surface area contributed by atoms with E-state index in [9.17, 15) is 0 Å². The summed E-state index contributed by atoms with van der Waals surface area (Å²) in [5.74, 6) is 1.12. The van der Waals surface area contributed by atoms with E-state index in [0.29, 0.717) is 12.1 Å². The SMILES string of the molecule is CC1C(I)=CN=C(N2CCC3(CC2)COC[C@H]3NSC(C)(C)C)N1C. The highest BCUT2D eigenvalue weighted by Crippen LogP contribution is 2.41. The van der Waals surface area contributed by atoms with Crippen LogP contribution in [0.15, 0.2) is 14.8 Å². The van der Waals surface area contributed by atoms with Crippen molar-refractivity contribution in [3.8, 4) is 0 Å². The first-order chi connectivity index (χ1) is 11.7. The van der Waals surface area contributed by atoms with Crippen LogP contribution in [0.2, 0.25) is 0 Å². The van der Waals surface area contributed by atoms with Gasteiger partial charge in [-0.05, 0) is 63.1 Å². The summed E-state index contributed by atoms with van der Waals surface area (Å²) in [7, 11) is 2.16. The normalized spacial score (nSPS) is 29.8. The molecule has 0 aromatic rings. The number of guanidine groups is 1. The van der Waals surface area contributed by atoms with Crippen LogP contribution in [-0.2, 0) is 4.74 Å². The van der Waals surface area contributed by atoms with Gasteiger partial charge >= 0.3 is 0 Å². The van der Waals surface area contributed by atoms with Crippen molar-refractivity contribution < 1.29 is 4.74 Å². The minimum Gasteiger partial charge on any atom is -0.379 e. The highest BCUT2D eigenvalue weighted by atomic mass is 127. The lowest BCUT2D eigenvalue weighted by molar-refractivity contribution is 0.0950. The Kier molecular flexibility index (Phi) is 5.98. The van der Waals surface area contributed by atoms with Gasteiger partial charge in [0.1, 0.15) is 0 Å². The van der Waals surface area contributed by atoms with Crippen LogP contribution in [0.5, 0.6) is 0 Å². The zero-order valence-electron chi connectivity index (χ0n) is 16.0. The van der Waals surface area contributed by atoms with Crippen LogP contribution in [-0.4, -0.2) is 65.9 Å². The molecule has 0 amide bonds. The second kappa shape index (κ2) is 7.56. The van der Waals surface area contributed by atoms with Gasteiger partial charge in [-0.1, -0.05) is 11.9 Å². The van der Waals surface area contributed by atoms with E-state index in [2.05, 4.69) is 71.9 Å². The fourth-order valence-corrected chi connectivity index (χ4v) is 5.06. The van der Waals surface area contributed by atoms with Crippen LogP contribution in [0.3, 0.4) is 0 Å². The van der Waals surface area contributed by atoms with Crippen LogP contribution in [0.1, 0.15) is 40.5 Å². The van der Waals surface area contributed by atoms with Crippen LogP contribution >= 0.6 is 34.5 Å². The predicted molar refractivity (Wildman–Crippen MR) is 115 cm³/mol. The Morgan fingerprint density at radius 3 is 2.68 bits per heavy atom. The number of piperidine rings is 1. The molecule has 25 heavy (non-hydrogen) atoms. The lowest BCUT2D eigenvalue weighted by Crippen LogP contribution is -2.55. The van der Waals surface area contributed by atoms with Crippen LogP contribution in [0.4, 0.5) is 0 Å². The number of likely N-dealkylation sites (tertiary alicyclic amines) is 1. The molecule has 0 bridgehead atoms. The van der Waals surface area contributed by atoms with Crippen LogP contribution < -0.4 is 4.72 Å². The van der Waals surface area contributed by atoms with Crippen molar-refractivity contribution in [1.29, 1.82) is 0 Å². The Bertz CT molecular complexity index is 552. The Balaban J connectivity index is 1.63.